The first-order chi connectivity index (χ1) is 13.2. The van der Waals surface area contributed by atoms with Crippen LogP contribution in [0, 0.1) is 5.82 Å². The number of hydrogen-bond donors (Lipinski definition) is 3. The molecule has 7 nitrogen and oxygen atoms in total. The molecule has 0 saturated carbocycles. The van der Waals surface area contributed by atoms with Crippen LogP contribution in [0.4, 0.5) is 16.0 Å². The van der Waals surface area contributed by atoms with E-state index in [0.717, 1.165) is 31.6 Å². The maximum Gasteiger partial charge on any atom is 0.251 e. The van der Waals surface area contributed by atoms with Gasteiger partial charge in [0.2, 0.25) is 0 Å². The molecule has 2 aromatic rings. The second-order valence-electron chi connectivity index (χ2n) is 6.48. The highest BCUT2D eigenvalue weighted by molar-refractivity contribution is 5.94. The first-order valence-electron chi connectivity index (χ1n) is 9.14. The second-order valence-corrected chi connectivity index (χ2v) is 6.48. The van der Waals surface area contributed by atoms with Crippen LogP contribution in [0.25, 0.3) is 0 Å². The monoisotopic (exact) mass is 373 g/mol. The Morgan fingerprint density at radius 1 is 1.22 bits per heavy atom. The molecule has 144 valence electrons. The lowest BCUT2D eigenvalue weighted by Gasteiger charge is -2.35. The SMILES string of the molecule is O=C(NCCNc1cc(N2CCCCC2CO)ncn1)c1ccc(F)cc1. The molecule has 0 spiro atoms. The zero-order chi connectivity index (χ0) is 19.1. The van der Waals surface area contributed by atoms with E-state index >= 15 is 0 Å². The lowest BCUT2D eigenvalue weighted by molar-refractivity contribution is 0.0955. The summed E-state index contributed by atoms with van der Waals surface area (Å²) in [6.07, 6.45) is 4.65. The highest BCUT2D eigenvalue weighted by Gasteiger charge is 2.23. The molecular weight excluding hydrogens is 349 g/mol. The van der Waals surface area contributed by atoms with E-state index in [9.17, 15) is 14.3 Å². The van der Waals surface area contributed by atoms with Crippen molar-refractivity contribution in [2.75, 3.05) is 36.5 Å². The number of carbonyl (C=O) groups excluding carboxylic acids is 1. The zero-order valence-corrected chi connectivity index (χ0v) is 15.1. The van der Waals surface area contributed by atoms with Crippen LogP contribution >= 0.6 is 0 Å². The Labute approximate surface area is 157 Å². The van der Waals surface area contributed by atoms with Gasteiger partial charge in [0.15, 0.2) is 0 Å². The second kappa shape index (κ2) is 9.27. The molecule has 0 aliphatic carbocycles. The summed E-state index contributed by atoms with van der Waals surface area (Å²) >= 11 is 0. The van der Waals surface area contributed by atoms with Gasteiger partial charge in [-0.15, -0.1) is 0 Å². The van der Waals surface area contributed by atoms with E-state index in [2.05, 4.69) is 25.5 Å². The number of anilines is 2. The van der Waals surface area contributed by atoms with Crippen LogP contribution in [-0.2, 0) is 0 Å². The molecule has 1 aromatic carbocycles. The number of aromatic nitrogens is 2. The largest absolute Gasteiger partial charge is 0.394 e. The van der Waals surface area contributed by atoms with Crippen molar-refractivity contribution in [2.45, 2.75) is 25.3 Å². The quantitative estimate of drug-likeness (QED) is 0.642. The van der Waals surface area contributed by atoms with E-state index in [4.69, 9.17) is 0 Å². The van der Waals surface area contributed by atoms with Crippen molar-refractivity contribution < 1.29 is 14.3 Å². The maximum absolute atomic E-state index is 12.9. The van der Waals surface area contributed by atoms with Crippen LogP contribution < -0.4 is 15.5 Å². The lowest BCUT2D eigenvalue weighted by Crippen LogP contribution is -2.42. The van der Waals surface area contributed by atoms with Gasteiger partial charge in [0, 0.05) is 31.3 Å². The summed E-state index contributed by atoms with van der Waals surface area (Å²) in [5, 5.41) is 15.5. The van der Waals surface area contributed by atoms with Crippen molar-refractivity contribution in [1.29, 1.82) is 0 Å². The summed E-state index contributed by atoms with van der Waals surface area (Å²) in [6.45, 7) is 1.88. The molecule has 1 atom stereocenters. The number of carbonyl (C=O) groups is 1. The van der Waals surface area contributed by atoms with Crippen LogP contribution in [0.2, 0.25) is 0 Å². The Morgan fingerprint density at radius 2 is 2.04 bits per heavy atom. The van der Waals surface area contributed by atoms with Gasteiger partial charge < -0.3 is 20.6 Å². The smallest absolute Gasteiger partial charge is 0.251 e. The third kappa shape index (κ3) is 5.13. The van der Waals surface area contributed by atoms with Gasteiger partial charge in [0.25, 0.3) is 5.91 Å². The predicted molar refractivity (Wildman–Crippen MR) is 101 cm³/mol. The van der Waals surface area contributed by atoms with E-state index in [1.54, 1.807) is 0 Å². The number of hydrogen-bond acceptors (Lipinski definition) is 6. The first-order valence-corrected chi connectivity index (χ1v) is 9.14. The zero-order valence-electron chi connectivity index (χ0n) is 15.1. The molecule has 1 saturated heterocycles. The van der Waals surface area contributed by atoms with Crippen LogP contribution in [-0.4, -0.2) is 53.3 Å². The van der Waals surface area contributed by atoms with E-state index in [0.29, 0.717) is 24.5 Å². The minimum atomic E-state index is -0.370. The summed E-state index contributed by atoms with van der Waals surface area (Å²) < 4.78 is 12.9. The van der Waals surface area contributed by atoms with Crippen molar-refractivity contribution >= 4 is 17.5 Å². The van der Waals surface area contributed by atoms with E-state index in [-0.39, 0.29) is 24.4 Å². The molecule has 0 bridgehead atoms. The minimum absolute atomic E-state index is 0.0940. The third-order valence-electron chi connectivity index (χ3n) is 4.61. The molecule has 1 fully saturated rings. The lowest BCUT2D eigenvalue weighted by atomic mass is 10.0. The fourth-order valence-electron chi connectivity index (χ4n) is 3.16. The summed E-state index contributed by atoms with van der Waals surface area (Å²) in [5.74, 6) is 0.837. The van der Waals surface area contributed by atoms with Crippen LogP contribution in [0.15, 0.2) is 36.7 Å². The Bertz CT molecular complexity index is 756. The molecule has 8 heteroatoms. The van der Waals surface area contributed by atoms with Crippen LogP contribution in [0.1, 0.15) is 29.6 Å². The normalized spacial score (nSPS) is 16.8. The summed E-state index contributed by atoms with van der Waals surface area (Å²) in [4.78, 5) is 22.6. The molecule has 1 unspecified atom stereocenters. The maximum atomic E-state index is 12.9. The summed E-state index contributed by atoms with van der Waals surface area (Å²) in [7, 11) is 0. The highest BCUT2D eigenvalue weighted by Crippen LogP contribution is 2.23. The van der Waals surface area contributed by atoms with Gasteiger partial charge in [-0.1, -0.05) is 0 Å². The number of rotatable bonds is 7. The van der Waals surface area contributed by atoms with E-state index in [1.807, 2.05) is 6.07 Å². The number of halogens is 1. The molecule has 1 amide bonds. The number of amides is 1. The van der Waals surface area contributed by atoms with E-state index in [1.165, 1.54) is 30.6 Å². The molecule has 3 rings (SSSR count). The minimum Gasteiger partial charge on any atom is -0.394 e. The molecule has 3 N–H and O–H groups in total. The number of nitrogens with one attached hydrogen (secondary N) is 2. The average Bonchev–Trinajstić information content (AvgIpc) is 2.71. The molecule has 2 heterocycles. The van der Waals surface area contributed by atoms with Gasteiger partial charge in [-0.25, -0.2) is 14.4 Å². The van der Waals surface area contributed by atoms with Gasteiger partial charge in [-0.3, -0.25) is 4.79 Å². The summed E-state index contributed by atoms with van der Waals surface area (Å²) in [5.41, 5.74) is 0.417. The fraction of sp³-hybridized carbons (Fsp3) is 0.421. The predicted octanol–water partition coefficient (Wildman–Crippen LogP) is 1.81. The van der Waals surface area contributed by atoms with Gasteiger partial charge in [0.05, 0.1) is 12.6 Å². The van der Waals surface area contributed by atoms with Crippen LogP contribution in [0.3, 0.4) is 0 Å². The standard InChI is InChI=1S/C19H24FN5O2/c20-15-6-4-14(5-7-15)19(27)22-9-8-21-17-11-18(24-13-23-17)25-10-2-1-3-16(25)12-26/h4-7,11,13,16,26H,1-3,8-10,12H2,(H,22,27)(H,21,23,24). The van der Waals surface area contributed by atoms with Crippen molar-refractivity contribution in [3.05, 3.63) is 48.0 Å². The molecule has 1 aromatic heterocycles. The molecule has 1 aliphatic heterocycles. The summed E-state index contributed by atoms with van der Waals surface area (Å²) in [6, 6.07) is 7.37. The van der Waals surface area contributed by atoms with Crippen molar-refractivity contribution in [3.63, 3.8) is 0 Å². The van der Waals surface area contributed by atoms with Crippen molar-refractivity contribution in [2.24, 2.45) is 0 Å². The number of aliphatic hydroxyl groups excluding tert-OH is 1. The molecule has 27 heavy (non-hydrogen) atoms. The molecule has 1 aliphatic rings. The Hall–Kier alpha value is -2.74. The molecule has 0 radical (unpaired) electrons. The van der Waals surface area contributed by atoms with Crippen LogP contribution in [0.5, 0.6) is 0 Å². The number of piperidine rings is 1. The number of benzene rings is 1. The van der Waals surface area contributed by atoms with Crippen molar-refractivity contribution in [3.8, 4) is 0 Å². The van der Waals surface area contributed by atoms with Gasteiger partial charge in [-0.05, 0) is 43.5 Å². The number of nitrogens with zero attached hydrogens (tertiary/aromatic N) is 3. The van der Waals surface area contributed by atoms with Gasteiger partial charge >= 0.3 is 0 Å². The topological polar surface area (TPSA) is 90.4 Å². The van der Waals surface area contributed by atoms with E-state index < -0.39 is 0 Å². The van der Waals surface area contributed by atoms with Gasteiger partial charge in [0.1, 0.15) is 23.8 Å². The Balaban J connectivity index is 1.50. The fourth-order valence-corrected chi connectivity index (χ4v) is 3.16. The number of aliphatic hydroxyl groups is 1. The van der Waals surface area contributed by atoms with Crippen molar-refractivity contribution in [1.82, 2.24) is 15.3 Å². The third-order valence-corrected chi connectivity index (χ3v) is 4.61. The average molecular weight is 373 g/mol. The highest BCUT2D eigenvalue weighted by atomic mass is 19.1. The van der Waals surface area contributed by atoms with Gasteiger partial charge in [-0.2, -0.15) is 0 Å². The Morgan fingerprint density at radius 3 is 2.81 bits per heavy atom. The first kappa shape index (κ1) is 19.0. The Kier molecular flexibility index (Phi) is 6.54. The molecular formula is C19H24FN5O2.